The molecular weight excluding hydrogens is 849 g/mol. The van der Waals surface area contributed by atoms with Crippen LogP contribution < -0.4 is 20.8 Å². The Hall–Kier alpha value is -5.62. The Kier molecular flexibility index (Phi) is 12.5. The molecule has 0 aliphatic carbocycles. The van der Waals surface area contributed by atoms with E-state index in [0.717, 1.165) is 6.54 Å². The number of ketones is 1. The summed E-state index contributed by atoms with van der Waals surface area (Å²) in [5, 5.41) is 27.5. The summed E-state index contributed by atoms with van der Waals surface area (Å²) < 4.78 is 39.4. The van der Waals surface area contributed by atoms with E-state index in [9.17, 15) is 24.6 Å². The van der Waals surface area contributed by atoms with Gasteiger partial charge in [-0.05, 0) is 40.3 Å². The quantitative estimate of drug-likeness (QED) is 0.250. The molecule has 3 aromatic rings. The summed E-state index contributed by atoms with van der Waals surface area (Å²) in [6.07, 6.45) is 10.9. The number of rotatable bonds is 3. The van der Waals surface area contributed by atoms with E-state index in [2.05, 4.69) is 22.1 Å². The molecule has 7 heterocycles. The lowest BCUT2D eigenvalue weighted by molar-refractivity contribution is -0.336. The van der Waals surface area contributed by atoms with E-state index >= 15 is 0 Å². The first-order valence-corrected chi connectivity index (χ1v) is 22.8. The smallest absolute Gasteiger partial charge is 0.419 e. The average Bonchev–Trinajstić information content (AvgIpc) is 4.02. The minimum Gasteiger partial charge on any atom is -0.507 e. The van der Waals surface area contributed by atoms with Crippen molar-refractivity contribution in [1.29, 1.82) is 0 Å². The highest BCUT2D eigenvalue weighted by atomic mass is 16.7. The van der Waals surface area contributed by atoms with Crippen LogP contribution in [-0.2, 0) is 28.5 Å². The van der Waals surface area contributed by atoms with Gasteiger partial charge in [0.25, 0.3) is 11.7 Å². The largest absolute Gasteiger partial charge is 0.507 e. The molecule has 1 spiro atoms. The molecule has 9 rings (SSSR count). The third-order valence-corrected chi connectivity index (χ3v) is 14.1. The number of ether oxygens (including phenoxy) is 6. The second-order valence-corrected chi connectivity index (χ2v) is 19.0. The van der Waals surface area contributed by atoms with Crippen molar-refractivity contribution < 1.29 is 53.0 Å². The van der Waals surface area contributed by atoms with Crippen molar-refractivity contribution >= 4 is 34.2 Å². The van der Waals surface area contributed by atoms with Crippen LogP contribution in [0.1, 0.15) is 91.1 Å². The number of piperidine rings is 1. The molecule has 17 heteroatoms. The molecule has 7 bridgehead atoms. The van der Waals surface area contributed by atoms with Crippen molar-refractivity contribution in [3.63, 3.8) is 0 Å². The lowest BCUT2D eigenvalue weighted by atomic mass is 9.77. The third-order valence-electron chi connectivity index (χ3n) is 14.1. The number of amides is 1. The van der Waals surface area contributed by atoms with Crippen LogP contribution in [0, 0.1) is 30.6 Å². The van der Waals surface area contributed by atoms with E-state index < -0.39 is 70.9 Å². The van der Waals surface area contributed by atoms with E-state index in [1.165, 1.54) is 43.6 Å². The van der Waals surface area contributed by atoms with Crippen molar-refractivity contribution in [1.82, 2.24) is 14.5 Å². The number of hydrogen-bond donors (Lipinski definition) is 3. The predicted octanol–water partition coefficient (Wildman–Crippen LogP) is 6.23. The minimum absolute atomic E-state index is 0.0240. The van der Waals surface area contributed by atoms with Crippen molar-refractivity contribution in [2.45, 2.75) is 124 Å². The van der Waals surface area contributed by atoms with E-state index in [-0.39, 0.29) is 67.7 Å². The summed E-state index contributed by atoms with van der Waals surface area (Å²) >= 11 is 0. The van der Waals surface area contributed by atoms with E-state index in [0.29, 0.717) is 31.5 Å². The number of allylic oxidation sites excluding steroid dienone is 2. The molecule has 354 valence electrons. The highest BCUT2D eigenvalue weighted by Gasteiger charge is 2.51. The van der Waals surface area contributed by atoms with Crippen LogP contribution >= 0.6 is 0 Å². The number of anilines is 1. The molecule has 0 saturated carbocycles. The van der Waals surface area contributed by atoms with E-state index in [4.69, 9.17) is 38.4 Å². The van der Waals surface area contributed by atoms with Gasteiger partial charge in [0.1, 0.15) is 35.0 Å². The number of methoxy groups -OCH3 is 1. The minimum atomic E-state index is -1.95. The summed E-state index contributed by atoms with van der Waals surface area (Å²) in [7, 11) is 1.53. The first kappa shape index (κ1) is 46.9. The van der Waals surface area contributed by atoms with Gasteiger partial charge in [-0.15, -0.1) is 0 Å². The number of aromatic nitrogens is 2. The predicted molar refractivity (Wildman–Crippen MR) is 243 cm³/mol. The molecule has 3 N–H and O–H groups in total. The lowest BCUT2D eigenvalue weighted by Gasteiger charge is -2.50. The fourth-order valence-electron chi connectivity index (χ4n) is 10.3. The van der Waals surface area contributed by atoms with Gasteiger partial charge in [0.2, 0.25) is 0 Å². The lowest BCUT2D eigenvalue weighted by Crippen LogP contribution is -2.56. The highest BCUT2D eigenvalue weighted by molar-refractivity contribution is 6.19. The maximum absolute atomic E-state index is 14.9. The summed E-state index contributed by atoms with van der Waals surface area (Å²) in [5.74, 6) is -6.17. The standard InChI is InChI=1S/C49H62N6O11/c1-12-54-20-17-49(18-21-54)52-35-32-33-38(56)28(5)43-34(32)44(58)48(10,66-43)62-23-16-31(61-11)27(4)41(63-46(60)55-22-19-50-24-55)30(7)42-29(6)40(64-47(8,9)65-42)25(2)14-13-15-26(3)45(59)51-37(39(33)57)36(35)53-49/h13-16,19,22-25,27,29-31,40-42,56-57H,12,17-18,20-21H2,1-11H3,(H,51,59)/b14-13+,23-16+,26-15-/t25-,27+,29+,30-,31-,40-,41+,42+,48-/m0/s1. The molecule has 2 saturated heterocycles. The topological polar surface area (TPSA) is 205 Å². The zero-order valence-corrected chi connectivity index (χ0v) is 39.6. The fourth-order valence-corrected chi connectivity index (χ4v) is 10.3. The number of likely N-dealkylation sites (tertiary alicyclic amines) is 1. The fraction of sp³-hybridized carbons (Fsp3) is 0.551. The molecule has 2 fully saturated rings. The number of nitrogens with zero attached hydrogens (tertiary/aromatic N) is 5. The number of imidazole rings is 1. The van der Waals surface area contributed by atoms with Crippen LogP contribution in [0.25, 0.3) is 10.8 Å². The Balaban J connectivity index is 1.28. The van der Waals surface area contributed by atoms with Crippen LogP contribution in [0.4, 0.5) is 10.5 Å². The first-order valence-electron chi connectivity index (χ1n) is 22.8. The average molecular weight is 911 g/mol. The Morgan fingerprint density at radius 3 is 2.30 bits per heavy atom. The molecule has 1 aromatic heterocycles. The van der Waals surface area contributed by atoms with Crippen LogP contribution in [0.3, 0.4) is 0 Å². The van der Waals surface area contributed by atoms with Gasteiger partial charge >= 0.3 is 11.9 Å². The number of carbonyl (C=O) groups is 3. The van der Waals surface area contributed by atoms with Gasteiger partial charge in [0.15, 0.2) is 17.2 Å². The Bertz CT molecular complexity index is 2650. The van der Waals surface area contributed by atoms with Gasteiger partial charge in [0.05, 0.1) is 40.9 Å². The van der Waals surface area contributed by atoms with Crippen LogP contribution in [0.2, 0.25) is 0 Å². The Morgan fingerprint density at radius 1 is 0.939 bits per heavy atom. The van der Waals surface area contributed by atoms with E-state index in [1.54, 1.807) is 32.1 Å². The molecule has 0 radical (unpaired) electrons. The number of nitrogens with one attached hydrogen (secondary N) is 1. The number of phenolic OH excluding ortho intramolecular Hbond substituents is 2. The molecule has 9 atom stereocenters. The second kappa shape index (κ2) is 17.6. The number of fused-ring (bicyclic) bond motifs is 9. The highest BCUT2D eigenvalue weighted by Crippen LogP contribution is 2.50. The van der Waals surface area contributed by atoms with Crippen molar-refractivity contribution in [2.75, 3.05) is 32.1 Å². The van der Waals surface area contributed by atoms with Gasteiger partial charge in [-0.3, -0.25) is 19.6 Å². The van der Waals surface area contributed by atoms with Crippen molar-refractivity contribution in [2.24, 2.45) is 33.7 Å². The molecule has 6 aliphatic rings. The molecule has 66 heavy (non-hydrogen) atoms. The third kappa shape index (κ3) is 8.17. The van der Waals surface area contributed by atoms with Gasteiger partial charge in [-0.1, -0.05) is 52.8 Å². The summed E-state index contributed by atoms with van der Waals surface area (Å²) in [5.41, 5.74) is -0.422. The number of carbonyl (C=O) groups excluding carboxylic acids is 3. The van der Waals surface area contributed by atoms with Crippen molar-refractivity contribution in [3.8, 4) is 17.2 Å². The van der Waals surface area contributed by atoms with Gasteiger partial charge in [0, 0.05) is 92.6 Å². The second-order valence-electron chi connectivity index (χ2n) is 19.0. The number of aromatic hydroxyl groups is 2. The molecule has 6 aliphatic heterocycles. The molecule has 2 aromatic carbocycles. The number of phenols is 2. The van der Waals surface area contributed by atoms with Crippen LogP contribution in [0.15, 0.2) is 64.8 Å². The summed E-state index contributed by atoms with van der Waals surface area (Å²) in [6, 6.07) is 0. The van der Waals surface area contributed by atoms with Gasteiger partial charge in [-0.2, -0.15) is 0 Å². The number of Topliss-reactive ketones (excluding diaryl/α,β-unsaturated/α-hetero) is 1. The SMILES string of the molecule is CCN1CCC2(CC1)N=c1c3c(O)c4c(O)c(C)c5c(c4c1=N2)C(=O)[C@@](C)(O/C=C/[C@H](OC)[C@@H](C)[C@@H](OC(=O)n1ccnc1)[C@H](C)[C@@H]1OC(C)(C)O[C@H]([C@H]1C)[C@@H](C)/C=C/C=C(/C)C(=O)N3)O5. The molecule has 17 nitrogen and oxygen atoms in total. The van der Waals surface area contributed by atoms with E-state index in [1.807, 2.05) is 47.6 Å². The monoisotopic (exact) mass is 910 g/mol. The zero-order valence-electron chi connectivity index (χ0n) is 39.6. The maximum atomic E-state index is 14.9. The first-order chi connectivity index (χ1) is 31.2. The van der Waals surface area contributed by atoms with Crippen LogP contribution in [0.5, 0.6) is 17.2 Å². The number of hydrogen-bond acceptors (Lipinski definition) is 15. The van der Waals surface area contributed by atoms with Gasteiger partial charge < -0.3 is 48.9 Å². The number of benzene rings is 2. The summed E-state index contributed by atoms with van der Waals surface area (Å²) in [4.78, 5) is 59.3. The summed E-state index contributed by atoms with van der Waals surface area (Å²) in [6.45, 7) is 20.7. The molecule has 0 unspecified atom stereocenters. The maximum Gasteiger partial charge on any atom is 0.419 e. The van der Waals surface area contributed by atoms with Crippen LogP contribution in [-0.4, -0.2) is 111 Å². The molecular formula is C49H62N6O11. The molecule has 1 amide bonds. The normalized spacial score (nSPS) is 32.6. The zero-order chi connectivity index (χ0) is 47.6. The Labute approximate surface area is 384 Å². The van der Waals surface area contributed by atoms with Crippen molar-refractivity contribution in [3.05, 3.63) is 76.7 Å². The Morgan fingerprint density at radius 2 is 1.64 bits per heavy atom. The van der Waals surface area contributed by atoms with Gasteiger partial charge in [-0.25, -0.2) is 14.3 Å².